The molecule has 0 spiro atoms. The number of benzene rings is 2. The normalized spacial score (nSPS) is 14.8. The van der Waals surface area contributed by atoms with Gasteiger partial charge < -0.3 is 14.8 Å². The maximum absolute atomic E-state index is 12.6. The molecule has 2 aromatic carbocycles. The predicted octanol–water partition coefficient (Wildman–Crippen LogP) is 3.76. The predicted molar refractivity (Wildman–Crippen MR) is 105 cm³/mol. The van der Waals surface area contributed by atoms with Gasteiger partial charge in [0.2, 0.25) is 5.91 Å². The van der Waals surface area contributed by atoms with Gasteiger partial charge in [0, 0.05) is 31.9 Å². The average Bonchev–Trinajstić information content (AvgIpc) is 3.12. The summed E-state index contributed by atoms with van der Waals surface area (Å²) in [5, 5.41) is 0.988. The van der Waals surface area contributed by atoms with Crippen molar-refractivity contribution in [2.75, 3.05) is 31.1 Å². The summed E-state index contributed by atoms with van der Waals surface area (Å²) in [6, 6.07) is 11.5. The van der Waals surface area contributed by atoms with E-state index in [9.17, 15) is 4.79 Å². The fourth-order valence-corrected chi connectivity index (χ4v) is 3.59. The van der Waals surface area contributed by atoms with Gasteiger partial charge in [-0.05, 0) is 35.9 Å². The molecule has 1 fully saturated rings. The summed E-state index contributed by atoms with van der Waals surface area (Å²) in [7, 11) is 0. The van der Waals surface area contributed by atoms with Crippen molar-refractivity contribution in [1.82, 2.24) is 14.9 Å². The van der Waals surface area contributed by atoms with Gasteiger partial charge in [-0.3, -0.25) is 4.79 Å². The highest BCUT2D eigenvalue weighted by Crippen LogP contribution is 2.24. The van der Waals surface area contributed by atoms with E-state index in [2.05, 4.69) is 27.0 Å². The number of carbonyl (C=O) groups is 1. The van der Waals surface area contributed by atoms with Crippen molar-refractivity contribution in [2.45, 2.75) is 6.42 Å². The van der Waals surface area contributed by atoms with Crippen molar-refractivity contribution in [3.63, 3.8) is 0 Å². The van der Waals surface area contributed by atoms with E-state index in [0.717, 1.165) is 35.4 Å². The summed E-state index contributed by atoms with van der Waals surface area (Å²) in [6.45, 7) is 3.04. The molecule has 1 N–H and O–H groups in total. The van der Waals surface area contributed by atoms with Gasteiger partial charge in [0.05, 0.1) is 33.8 Å². The van der Waals surface area contributed by atoms with Crippen LogP contribution in [0.1, 0.15) is 5.56 Å². The number of aromatic nitrogens is 2. The average molecular weight is 389 g/mol. The number of aromatic amines is 1. The van der Waals surface area contributed by atoms with Gasteiger partial charge in [0.25, 0.3) is 0 Å². The molecule has 4 rings (SSSR count). The number of nitrogens with zero attached hydrogens (tertiary/aromatic N) is 3. The van der Waals surface area contributed by atoms with E-state index in [1.165, 1.54) is 0 Å². The molecular formula is C19H18Cl2N4O. The Labute approximate surface area is 161 Å². The van der Waals surface area contributed by atoms with Gasteiger partial charge in [-0.1, -0.05) is 29.3 Å². The van der Waals surface area contributed by atoms with Gasteiger partial charge in [-0.25, -0.2) is 4.98 Å². The third-order valence-electron chi connectivity index (χ3n) is 4.74. The van der Waals surface area contributed by atoms with Crippen LogP contribution in [0.3, 0.4) is 0 Å². The zero-order valence-electron chi connectivity index (χ0n) is 14.1. The molecule has 1 aliphatic rings. The third-order valence-corrected chi connectivity index (χ3v) is 5.48. The lowest BCUT2D eigenvalue weighted by molar-refractivity contribution is -0.130. The van der Waals surface area contributed by atoms with Crippen molar-refractivity contribution in [2.24, 2.45) is 0 Å². The van der Waals surface area contributed by atoms with Gasteiger partial charge in [0.15, 0.2) is 0 Å². The highest BCUT2D eigenvalue weighted by molar-refractivity contribution is 6.42. The number of amides is 1. The number of anilines is 1. The highest BCUT2D eigenvalue weighted by atomic mass is 35.5. The molecule has 5 nitrogen and oxygen atoms in total. The van der Waals surface area contributed by atoms with Crippen LogP contribution in [0.25, 0.3) is 11.0 Å². The first kappa shape index (κ1) is 17.2. The van der Waals surface area contributed by atoms with Crippen LogP contribution in [0.2, 0.25) is 10.0 Å². The number of imidazole rings is 1. The van der Waals surface area contributed by atoms with Crippen LogP contribution in [0.5, 0.6) is 0 Å². The Morgan fingerprint density at radius 3 is 2.62 bits per heavy atom. The number of piperazine rings is 1. The van der Waals surface area contributed by atoms with E-state index in [1.807, 2.05) is 17.0 Å². The molecule has 7 heteroatoms. The number of fused-ring (bicyclic) bond motifs is 1. The van der Waals surface area contributed by atoms with E-state index in [4.69, 9.17) is 23.2 Å². The summed E-state index contributed by atoms with van der Waals surface area (Å²) >= 11 is 12.0. The maximum Gasteiger partial charge on any atom is 0.227 e. The number of nitrogens with one attached hydrogen (secondary N) is 1. The molecule has 0 unspecified atom stereocenters. The Bertz CT molecular complexity index is 948. The van der Waals surface area contributed by atoms with Crippen LogP contribution < -0.4 is 4.90 Å². The van der Waals surface area contributed by atoms with Gasteiger partial charge in [-0.15, -0.1) is 0 Å². The van der Waals surface area contributed by atoms with Crippen LogP contribution in [0.15, 0.2) is 42.7 Å². The SMILES string of the molecule is O=C(Cc1ccc(Cl)c(Cl)c1)N1CCN(c2ccc3nc[nH]c3c2)CC1. The molecule has 0 aliphatic carbocycles. The fourth-order valence-electron chi connectivity index (χ4n) is 3.27. The monoisotopic (exact) mass is 388 g/mol. The van der Waals surface area contributed by atoms with Crippen molar-refractivity contribution in [3.05, 3.63) is 58.3 Å². The topological polar surface area (TPSA) is 52.2 Å². The molecule has 1 saturated heterocycles. The second-order valence-corrected chi connectivity index (χ2v) is 7.21. The van der Waals surface area contributed by atoms with E-state index in [0.29, 0.717) is 29.6 Å². The van der Waals surface area contributed by atoms with Crippen LogP contribution in [-0.4, -0.2) is 47.0 Å². The first-order valence-corrected chi connectivity index (χ1v) is 9.25. The first-order chi connectivity index (χ1) is 12.6. The summed E-state index contributed by atoms with van der Waals surface area (Å²) in [6.07, 6.45) is 2.05. The van der Waals surface area contributed by atoms with Crippen LogP contribution in [-0.2, 0) is 11.2 Å². The molecular weight excluding hydrogens is 371 g/mol. The van der Waals surface area contributed by atoms with Crippen molar-refractivity contribution < 1.29 is 4.79 Å². The van der Waals surface area contributed by atoms with Crippen LogP contribution in [0.4, 0.5) is 5.69 Å². The highest BCUT2D eigenvalue weighted by Gasteiger charge is 2.21. The summed E-state index contributed by atoms with van der Waals surface area (Å²) in [5.74, 6) is 0.118. The van der Waals surface area contributed by atoms with Crippen LogP contribution in [0, 0.1) is 0 Å². The second-order valence-electron chi connectivity index (χ2n) is 6.40. The zero-order valence-corrected chi connectivity index (χ0v) is 15.6. The Morgan fingerprint density at radius 2 is 1.85 bits per heavy atom. The zero-order chi connectivity index (χ0) is 18.1. The first-order valence-electron chi connectivity index (χ1n) is 8.50. The minimum absolute atomic E-state index is 0.118. The Morgan fingerprint density at radius 1 is 1.04 bits per heavy atom. The Balaban J connectivity index is 1.37. The summed E-state index contributed by atoms with van der Waals surface area (Å²) < 4.78 is 0. The maximum atomic E-state index is 12.6. The van der Waals surface area contributed by atoms with Gasteiger partial charge >= 0.3 is 0 Å². The van der Waals surface area contributed by atoms with Gasteiger partial charge in [0.1, 0.15) is 0 Å². The Hall–Kier alpha value is -2.24. The van der Waals surface area contributed by atoms with Crippen molar-refractivity contribution >= 4 is 45.8 Å². The van der Waals surface area contributed by atoms with E-state index in [-0.39, 0.29) is 5.91 Å². The number of hydrogen-bond donors (Lipinski definition) is 1. The number of H-pyrrole nitrogens is 1. The lowest BCUT2D eigenvalue weighted by Gasteiger charge is -2.36. The molecule has 0 bridgehead atoms. The summed E-state index contributed by atoms with van der Waals surface area (Å²) in [4.78, 5) is 24.2. The van der Waals surface area contributed by atoms with E-state index in [1.54, 1.807) is 18.5 Å². The molecule has 26 heavy (non-hydrogen) atoms. The second kappa shape index (κ2) is 7.17. The lowest BCUT2D eigenvalue weighted by atomic mass is 10.1. The summed E-state index contributed by atoms with van der Waals surface area (Å²) in [5.41, 5.74) is 4.03. The number of rotatable bonds is 3. The Kier molecular flexibility index (Phi) is 4.74. The van der Waals surface area contributed by atoms with E-state index >= 15 is 0 Å². The number of hydrogen-bond acceptors (Lipinski definition) is 3. The number of carbonyl (C=O) groups excluding carboxylic acids is 1. The fraction of sp³-hybridized carbons (Fsp3) is 0.263. The molecule has 3 aromatic rings. The molecule has 1 aromatic heterocycles. The molecule has 134 valence electrons. The quantitative estimate of drug-likeness (QED) is 0.742. The molecule has 1 amide bonds. The lowest BCUT2D eigenvalue weighted by Crippen LogP contribution is -2.49. The van der Waals surface area contributed by atoms with Crippen molar-refractivity contribution in [3.8, 4) is 0 Å². The minimum Gasteiger partial charge on any atom is -0.368 e. The number of halogens is 2. The molecule has 1 aliphatic heterocycles. The molecule has 0 radical (unpaired) electrons. The largest absolute Gasteiger partial charge is 0.368 e. The molecule has 0 atom stereocenters. The third kappa shape index (κ3) is 3.50. The van der Waals surface area contributed by atoms with Gasteiger partial charge in [-0.2, -0.15) is 0 Å². The van der Waals surface area contributed by atoms with Crippen LogP contribution >= 0.6 is 23.2 Å². The molecule has 0 saturated carbocycles. The standard InChI is InChI=1S/C19H18Cl2N4O/c20-15-3-1-13(9-16(15)21)10-19(26)25-7-5-24(6-8-25)14-2-4-17-18(11-14)23-12-22-17/h1-4,9,11-12H,5-8,10H2,(H,22,23). The molecule has 2 heterocycles. The minimum atomic E-state index is 0.118. The van der Waals surface area contributed by atoms with Crippen molar-refractivity contribution in [1.29, 1.82) is 0 Å². The van der Waals surface area contributed by atoms with E-state index < -0.39 is 0 Å². The smallest absolute Gasteiger partial charge is 0.227 e.